The average Bonchev–Trinajstić information content (AvgIpc) is 3.40. The van der Waals surface area contributed by atoms with Gasteiger partial charge in [-0.15, -0.1) is 0 Å². The van der Waals surface area contributed by atoms with Gasteiger partial charge in [0.1, 0.15) is 0 Å². The van der Waals surface area contributed by atoms with E-state index in [2.05, 4.69) is 43.5 Å². The third-order valence-corrected chi connectivity index (χ3v) is 15.8. The molecule has 74 heavy (non-hydrogen) atoms. The third-order valence-electron chi connectivity index (χ3n) is 15.8. The summed E-state index contributed by atoms with van der Waals surface area (Å²) >= 11 is 0. The quantitative estimate of drug-likeness (QED) is 0.0320. The van der Waals surface area contributed by atoms with Crippen LogP contribution in [0.4, 0.5) is 0 Å². The van der Waals surface area contributed by atoms with Crippen LogP contribution >= 0.6 is 0 Å². The smallest absolute Gasteiger partial charge is 0.305 e. The van der Waals surface area contributed by atoms with Crippen LogP contribution in [-0.2, 0) is 14.3 Å². The molecule has 0 saturated carbocycles. The maximum atomic E-state index is 12.5. The lowest BCUT2D eigenvalue weighted by Gasteiger charge is -2.22. The Morgan fingerprint density at radius 3 is 1.05 bits per heavy atom. The van der Waals surface area contributed by atoms with Crippen molar-refractivity contribution in [2.24, 2.45) is 0 Å². The van der Waals surface area contributed by atoms with Gasteiger partial charge in [0.2, 0.25) is 5.91 Å². The highest BCUT2D eigenvalue weighted by Crippen LogP contribution is 2.19. The van der Waals surface area contributed by atoms with Gasteiger partial charge < -0.3 is 20.3 Å². The van der Waals surface area contributed by atoms with Crippen LogP contribution in [0.1, 0.15) is 373 Å². The van der Waals surface area contributed by atoms with Crippen LogP contribution in [0.25, 0.3) is 0 Å². The van der Waals surface area contributed by atoms with Crippen LogP contribution < -0.4 is 5.32 Å². The number of aliphatic hydroxyl groups excluding tert-OH is 2. The van der Waals surface area contributed by atoms with Crippen molar-refractivity contribution in [3.8, 4) is 0 Å². The van der Waals surface area contributed by atoms with Crippen molar-refractivity contribution < 1.29 is 24.5 Å². The molecule has 0 aromatic heterocycles. The Balaban J connectivity index is 3.49. The molecule has 0 bridgehead atoms. The van der Waals surface area contributed by atoms with Crippen LogP contribution in [0, 0.1) is 0 Å². The summed E-state index contributed by atoms with van der Waals surface area (Å²) < 4.78 is 5.49. The van der Waals surface area contributed by atoms with E-state index in [4.69, 9.17) is 4.74 Å². The maximum Gasteiger partial charge on any atom is 0.305 e. The number of hydrogen-bond donors (Lipinski definition) is 3. The number of allylic oxidation sites excluding steroid dienone is 4. The molecule has 0 fully saturated rings. The summed E-state index contributed by atoms with van der Waals surface area (Å²) in [5.74, 6) is -0.122. The highest BCUT2D eigenvalue weighted by molar-refractivity contribution is 5.76. The van der Waals surface area contributed by atoms with E-state index < -0.39 is 12.1 Å². The maximum absolute atomic E-state index is 12.5. The lowest BCUT2D eigenvalue weighted by molar-refractivity contribution is -0.143. The number of esters is 1. The van der Waals surface area contributed by atoms with Crippen molar-refractivity contribution in [2.75, 3.05) is 13.2 Å². The molecule has 2 unspecified atom stereocenters. The van der Waals surface area contributed by atoms with E-state index in [-0.39, 0.29) is 18.5 Å². The van der Waals surface area contributed by atoms with Gasteiger partial charge in [0.25, 0.3) is 0 Å². The fourth-order valence-corrected chi connectivity index (χ4v) is 10.6. The average molecular weight is 1040 g/mol. The molecule has 0 aliphatic carbocycles. The number of unbranched alkanes of at least 4 members (excludes halogenated alkanes) is 48. The van der Waals surface area contributed by atoms with Crippen LogP contribution in [0.3, 0.4) is 0 Å². The van der Waals surface area contributed by atoms with Crippen molar-refractivity contribution >= 4 is 11.9 Å². The monoisotopic (exact) mass is 1040 g/mol. The van der Waals surface area contributed by atoms with Crippen LogP contribution in [0.2, 0.25) is 0 Å². The van der Waals surface area contributed by atoms with Gasteiger partial charge in [0.05, 0.1) is 25.4 Å². The summed E-state index contributed by atoms with van der Waals surface area (Å²) in [6.07, 6.45) is 79.3. The van der Waals surface area contributed by atoms with Crippen LogP contribution in [0.5, 0.6) is 0 Å². The van der Waals surface area contributed by atoms with Gasteiger partial charge >= 0.3 is 5.97 Å². The Morgan fingerprint density at radius 1 is 0.378 bits per heavy atom. The zero-order chi connectivity index (χ0) is 53.6. The molecular weight excluding hydrogens is 911 g/mol. The van der Waals surface area contributed by atoms with Gasteiger partial charge in [0.15, 0.2) is 0 Å². The second-order valence-corrected chi connectivity index (χ2v) is 23.2. The third kappa shape index (κ3) is 59.6. The van der Waals surface area contributed by atoms with E-state index in [0.717, 1.165) is 51.4 Å². The predicted molar refractivity (Wildman–Crippen MR) is 324 cm³/mol. The molecule has 0 aliphatic rings. The second kappa shape index (κ2) is 63.9. The first-order valence-electron chi connectivity index (χ1n) is 33.6. The van der Waals surface area contributed by atoms with Gasteiger partial charge in [-0.05, 0) is 44.9 Å². The van der Waals surface area contributed by atoms with Crippen LogP contribution in [0.15, 0.2) is 24.3 Å². The molecule has 2 atom stereocenters. The molecule has 0 rings (SSSR count). The van der Waals surface area contributed by atoms with Crippen molar-refractivity contribution in [2.45, 2.75) is 386 Å². The summed E-state index contributed by atoms with van der Waals surface area (Å²) in [6, 6.07) is -0.587. The molecule has 6 heteroatoms. The Labute approximate surface area is 462 Å². The van der Waals surface area contributed by atoms with E-state index in [1.54, 1.807) is 0 Å². The summed E-state index contributed by atoms with van der Waals surface area (Å²) in [7, 11) is 0. The van der Waals surface area contributed by atoms with Gasteiger partial charge in [-0.2, -0.15) is 0 Å². The number of ether oxygens (including phenoxy) is 1. The number of carbonyl (C=O) groups is 2. The molecule has 0 spiro atoms. The first-order chi connectivity index (χ1) is 36.5. The molecule has 0 aromatic rings. The molecule has 0 heterocycles. The van der Waals surface area contributed by atoms with Crippen molar-refractivity contribution in [3.05, 3.63) is 24.3 Å². The van der Waals surface area contributed by atoms with Gasteiger partial charge in [-0.3, -0.25) is 9.59 Å². The topological polar surface area (TPSA) is 95.9 Å². The fourth-order valence-electron chi connectivity index (χ4n) is 10.6. The van der Waals surface area contributed by atoms with E-state index in [1.165, 1.54) is 283 Å². The lowest BCUT2D eigenvalue weighted by Crippen LogP contribution is -2.45. The second-order valence-electron chi connectivity index (χ2n) is 23.2. The molecule has 0 aliphatic heterocycles. The summed E-state index contributed by atoms with van der Waals surface area (Å²) in [5, 5.41) is 23.3. The minimum Gasteiger partial charge on any atom is -0.466 e. The SMILES string of the molecule is CCCCCCCCCCCCCCCCCCCCCCCCCCCC(O)C(CO)NC(=O)CC/C=C\C/C=C\CCCCCCCCOC(=O)CCCCCCCCCCCCCCCCCCCCC. The number of carbonyl (C=O) groups excluding carboxylic acids is 2. The number of rotatable bonds is 63. The largest absolute Gasteiger partial charge is 0.466 e. The van der Waals surface area contributed by atoms with E-state index >= 15 is 0 Å². The minimum atomic E-state index is -0.700. The zero-order valence-electron chi connectivity index (χ0n) is 50.1. The highest BCUT2D eigenvalue weighted by atomic mass is 16.5. The molecule has 6 nitrogen and oxygen atoms in total. The van der Waals surface area contributed by atoms with E-state index in [9.17, 15) is 19.8 Å². The van der Waals surface area contributed by atoms with Gasteiger partial charge in [-0.1, -0.05) is 340 Å². The Morgan fingerprint density at radius 2 is 0.689 bits per heavy atom. The van der Waals surface area contributed by atoms with Gasteiger partial charge in [-0.25, -0.2) is 0 Å². The zero-order valence-corrected chi connectivity index (χ0v) is 50.1. The highest BCUT2D eigenvalue weighted by Gasteiger charge is 2.20. The first-order valence-corrected chi connectivity index (χ1v) is 33.6. The number of hydrogen-bond acceptors (Lipinski definition) is 5. The van der Waals surface area contributed by atoms with Crippen molar-refractivity contribution in [3.63, 3.8) is 0 Å². The first kappa shape index (κ1) is 72.3. The number of amides is 1. The lowest BCUT2D eigenvalue weighted by atomic mass is 10.0. The normalized spacial score (nSPS) is 12.6. The van der Waals surface area contributed by atoms with Crippen molar-refractivity contribution in [1.82, 2.24) is 5.32 Å². The summed E-state index contributed by atoms with van der Waals surface area (Å²) in [5.41, 5.74) is 0. The number of aliphatic hydroxyl groups is 2. The molecule has 0 saturated heterocycles. The molecule has 0 aromatic carbocycles. The van der Waals surface area contributed by atoms with Crippen molar-refractivity contribution in [1.29, 1.82) is 0 Å². The summed E-state index contributed by atoms with van der Waals surface area (Å²) in [6.45, 7) is 4.93. The fraction of sp³-hybridized carbons (Fsp3) is 0.912. The molecule has 0 radical (unpaired) electrons. The molecular formula is C68H131NO5. The molecule has 3 N–H and O–H groups in total. The Kier molecular flexibility index (Phi) is 62.4. The van der Waals surface area contributed by atoms with Crippen LogP contribution in [-0.4, -0.2) is 47.4 Å². The predicted octanol–water partition coefficient (Wildman–Crippen LogP) is 21.4. The minimum absolute atomic E-state index is 0.0110. The van der Waals surface area contributed by atoms with Gasteiger partial charge in [0, 0.05) is 12.8 Å². The molecule has 1 amide bonds. The summed E-state index contributed by atoms with van der Waals surface area (Å²) in [4.78, 5) is 24.6. The Bertz CT molecular complexity index is 1150. The Hall–Kier alpha value is -1.66. The standard InChI is InChI=1S/C68H131NO5/c1-3-5-7-9-11-13-15-17-19-21-23-24-25-26-27-28-30-31-33-36-40-44-48-52-56-60-66(71)65(64-70)69-67(72)61-57-53-49-45-41-37-35-39-43-47-51-55-59-63-74-68(73)62-58-54-50-46-42-38-34-32-29-22-20-18-16-14-12-10-8-6-4-2/h37,41,49,53,65-66,70-71H,3-36,38-40,42-48,50-52,54-64H2,1-2H3,(H,69,72)/b41-37-,53-49-. The number of nitrogens with one attached hydrogen (secondary N) is 1. The van der Waals surface area contributed by atoms with E-state index in [1.807, 2.05) is 0 Å². The van der Waals surface area contributed by atoms with E-state index in [0.29, 0.717) is 32.3 Å². The molecule has 438 valence electrons.